The molecule has 2 rings (SSSR count). The minimum atomic E-state index is -0.357. The van der Waals surface area contributed by atoms with Crippen molar-refractivity contribution in [1.29, 1.82) is 0 Å². The molecule has 0 radical (unpaired) electrons. The monoisotopic (exact) mass is 258 g/mol. The highest BCUT2D eigenvalue weighted by molar-refractivity contribution is 7.17. The summed E-state index contributed by atoms with van der Waals surface area (Å²) in [5, 5.41) is 1.88. The van der Waals surface area contributed by atoms with Gasteiger partial charge in [0.1, 0.15) is 0 Å². The zero-order valence-electron chi connectivity index (χ0n) is 9.31. The number of nitrogens with zero attached hydrogens (tertiary/aromatic N) is 1. The maximum absolute atomic E-state index is 5.94. The molecule has 0 amide bonds. The van der Waals surface area contributed by atoms with Crippen LogP contribution in [-0.4, -0.2) is 17.3 Å². The van der Waals surface area contributed by atoms with E-state index >= 15 is 0 Å². The van der Waals surface area contributed by atoms with Crippen molar-refractivity contribution in [2.45, 2.75) is 32.5 Å². The summed E-state index contributed by atoms with van der Waals surface area (Å²) in [5.41, 5.74) is 6.81. The largest absolute Gasteiger partial charge is 0.301 e. The third-order valence-corrected chi connectivity index (χ3v) is 3.87. The molecule has 5 heteroatoms. The Labute approximate surface area is 104 Å². The quantitative estimate of drug-likeness (QED) is 0.906. The fourth-order valence-electron chi connectivity index (χ4n) is 1.60. The van der Waals surface area contributed by atoms with Crippen LogP contribution in [0.1, 0.15) is 25.1 Å². The van der Waals surface area contributed by atoms with Crippen LogP contribution in [0.25, 0.3) is 5.70 Å². The van der Waals surface area contributed by atoms with Crippen LogP contribution in [0.15, 0.2) is 18.2 Å². The fourth-order valence-corrected chi connectivity index (χ4v) is 2.65. The maximum atomic E-state index is 5.94. The highest BCUT2D eigenvalue weighted by atomic mass is 35.5. The molecule has 2 atom stereocenters. The minimum absolute atomic E-state index is 0.306. The fraction of sp³-hybridized carbons (Fsp3) is 0.455. The zero-order valence-corrected chi connectivity index (χ0v) is 10.9. The van der Waals surface area contributed by atoms with Crippen molar-refractivity contribution in [3.63, 3.8) is 0 Å². The van der Waals surface area contributed by atoms with Gasteiger partial charge in [0.25, 0.3) is 0 Å². The third-order valence-electron chi connectivity index (χ3n) is 2.61. The average Bonchev–Trinajstić information content (AvgIpc) is 2.83. The second-order valence-electron chi connectivity index (χ2n) is 3.81. The van der Waals surface area contributed by atoms with E-state index in [1.54, 1.807) is 0 Å². The van der Waals surface area contributed by atoms with Gasteiger partial charge in [-0.2, -0.15) is 0 Å². The van der Waals surface area contributed by atoms with Crippen molar-refractivity contribution in [3.8, 4) is 0 Å². The second kappa shape index (κ2) is 4.75. The Morgan fingerprint density at radius 3 is 2.94 bits per heavy atom. The number of thiophene rings is 1. The van der Waals surface area contributed by atoms with Crippen molar-refractivity contribution in [1.82, 2.24) is 5.06 Å². The number of halogens is 1. The van der Waals surface area contributed by atoms with Gasteiger partial charge in [0.05, 0.1) is 21.0 Å². The molecule has 0 fully saturated rings. The second-order valence-corrected chi connectivity index (χ2v) is 5.52. The van der Waals surface area contributed by atoms with Crippen molar-refractivity contribution in [2.75, 3.05) is 0 Å². The smallest absolute Gasteiger partial charge is 0.155 e. The summed E-state index contributed by atoms with van der Waals surface area (Å²) in [7, 11) is 0. The molecular weight excluding hydrogens is 244 g/mol. The van der Waals surface area contributed by atoms with E-state index in [2.05, 4.69) is 13.8 Å². The summed E-state index contributed by atoms with van der Waals surface area (Å²) in [4.78, 5) is 6.67. The Kier molecular flexibility index (Phi) is 3.54. The van der Waals surface area contributed by atoms with E-state index in [0.717, 1.165) is 21.3 Å². The van der Waals surface area contributed by atoms with Gasteiger partial charge in [0.2, 0.25) is 0 Å². The summed E-state index contributed by atoms with van der Waals surface area (Å²) in [6.45, 7) is 4.23. The van der Waals surface area contributed by atoms with Gasteiger partial charge < -0.3 is 5.73 Å². The lowest BCUT2D eigenvalue weighted by molar-refractivity contribution is -0.142. The van der Waals surface area contributed by atoms with Crippen LogP contribution in [0.2, 0.25) is 4.34 Å². The Morgan fingerprint density at radius 1 is 1.62 bits per heavy atom. The molecule has 0 aliphatic carbocycles. The average molecular weight is 259 g/mol. The van der Waals surface area contributed by atoms with E-state index in [0.29, 0.717) is 6.04 Å². The van der Waals surface area contributed by atoms with E-state index in [4.69, 9.17) is 22.2 Å². The Balaban J connectivity index is 2.27. The molecule has 0 bridgehead atoms. The molecule has 0 saturated heterocycles. The first-order chi connectivity index (χ1) is 7.61. The van der Waals surface area contributed by atoms with Crippen LogP contribution in [0, 0.1) is 0 Å². The predicted molar refractivity (Wildman–Crippen MR) is 68.0 cm³/mol. The van der Waals surface area contributed by atoms with Crippen LogP contribution in [0.3, 0.4) is 0 Å². The molecule has 16 heavy (non-hydrogen) atoms. The van der Waals surface area contributed by atoms with Crippen LogP contribution in [-0.2, 0) is 4.84 Å². The van der Waals surface area contributed by atoms with Crippen molar-refractivity contribution in [2.24, 2.45) is 5.73 Å². The van der Waals surface area contributed by atoms with E-state index in [1.807, 2.05) is 23.3 Å². The molecule has 3 nitrogen and oxygen atoms in total. The molecule has 2 N–H and O–H groups in total. The number of hydrogen-bond donors (Lipinski definition) is 1. The first-order valence-corrected chi connectivity index (χ1v) is 6.50. The molecule has 2 unspecified atom stereocenters. The lowest BCUT2D eigenvalue weighted by Crippen LogP contribution is -2.31. The lowest BCUT2D eigenvalue weighted by atomic mass is 10.2. The zero-order chi connectivity index (χ0) is 11.7. The van der Waals surface area contributed by atoms with Crippen molar-refractivity contribution < 1.29 is 4.84 Å². The summed E-state index contributed by atoms with van der Waals surface area (Å²) in [6, 6.07) is 4.19. The standard InChI is InChI=1S/C11H15ClN2OS/c1-3-7(2)14-8(6-11(13)15-14)9-4-5-10(12)16-9/h4-7,11H,3,13H2,1-2H3. The van der Waals surface area contributed by atoms with Gasteiger partial charge in [-0.05, 0) is 31.6 Å². The van der Waals surface area contributed by atoms with Crippen molar-refractivity contribution >= 4 is 28.6 Å². The summed E-state index contributed by atoms with van der Waals surface area (Å²) >= 11 is 7.48. The Hall–Kier alpha value is -0.550. The lowest BCUT2D eigenvalue weighted by Gasteiger charge is -2.26. The highest BCUT2D eigenvalue weighted by Gasteiger charge is 2.27. The molecule has 1 aromatic rings. The van der Waals surface area contributed by atoms with Gasteiger partial charge in [-0.1, -0.05) is 18.5 Å². The Bertz CT molecular complexity index is 404. The third kappa shape index (κ3) is 2.25. The molecule has 88 valence electrons. The summed E-state index contributed by atoms with van der Waals surface area (Å²) < 4.78 is 0.778. The summed E-state index contributed by atoms with van der Waals surface area (Å²) in [5.74, 6) is 0. The topological polar surface area (TPSA) is 38.5 Å². The minimum Gasteiger partial charge on any atom is -0.301 e. The van der Waals surface area contributed by atoms with Gasteiger partial charge in [-0.3, -0.25) is 4.84 Å². The number of hydrogen-bond acceptors (Lipinski definition) is 4. The molecule has 1 aromatic heterocycles. The highest BCUT2D eigenvalue weighted by Crippen LogP contribution is 2.34. The molecule has 0 spiro atoms. The first kappa shape index (κ1) is 11.9. The van der Waals surface area contributed by atoms with Crippen molar-refractivity contribution in [3.05, 3.63) is 27.4 Å². The van der Waals surface area contributed by atoms with Gasteiger partial charge in [0.15, 0.2) is 6.23 Å². The van der Waals surface area contributed by atoms with Gasteiger partial charge in [0, 0.05) is 0 Å². The van der Waals surface area contributed by atoms with Crippen LogP contribution in [0.5, 0.6) is 0 Å². The molecular formula is C11H15ClN2OS. The van der Waals surface area contributed by atoms with Gasteiger partial charge in [-0.15, -0.1) is 11.3 Å². The van der Waals surface area contributed by atoms with E-state index in [9.17, 15) is 0 Å². The maximum Gasteiger partial charge on any atom is 0.155 e. The molecule has 1 aliphatic heterocycles. The van der Waals surface area contributed by atoms with Crippen LogP contribution in [0.4, 0.5) is 0 Å². The SMILES string of the molecule is CCC(C)N1OC(N)C=C1c1ccc(Cl)s1. The van der Waals surface area contributed by atoms with E-state index in [1.165, 1.54) is 11.3 Å². The molecule has 1 aliphatic rings. The molecule has 0 aromatic carbocycles. The molecule has 0 saturated carbocycles. The summed E-state index contributed by atoms with van der Waals surface area (Å²) in [6.07, 6.45) is 2.57. The number of hydroxylamine groups is 2. The predicted octanol–water partition coefficient (Wildman–Crippen LogP) is 3.07. The first-order valence-electron chi connectivity index (χ1n) is 5.31. The Morgan fingerprint density at radius 2 is 2.38 bits per heavy atom. The number of nitrogens with two attached hydrogens (primary N) is 1. The van der Waals surface area contributed by atoms with E-state index in [-0.39, 0.29) is 6.23 Å². The number of rotatable bonds is 3. The molecule has 2 heterocycles. The van der Waals surface area contributed by atoms with Crippen LogP contribution >= 0.6 is 22.9 Å². The normalized spacial score (nSPS) is 22.4. The van der Waals surface area contributed by atoms with Gasteiger partial charge in [-0.25, -0.2) is 5.06 Å². The van der Waals surface area contributed by atoms with Crippen LogP contribution < -0.4 is 5.73 Å². The van der Waals surface area contributed by atoms with Gasteiger partial charge >= 0.3 is 0 Å². The van der Waals surface area contributed by atoms with E-state index < -0.39 is 0 Å².